The van der Waals surface area contributed by atoms with Gasteiger partial charge < -0.3 is 9.64 Å². The molecule has 1 aliphatic heterocycles. The first-order valence-electron chi connectivity index (χ1n) is 8.77. The van der Waals surface area contributed by atoms with Crippen LogP contribution in [0.3, 0.4) is 0 Å². The third kappa shape index (κ3) is 3.57. The number of amides is 1. The van der Waals surface area contributed by atoms with E-state index >= 15 is 0 Å². The Hall–Kier alpha value is -1.84. The Balaban J connectivity index is 1.61. The highest BCUT2D eigenvalue weighted by molar-refractivity contribution is 5.98. The second-order valence-corrected chi connectivity index (χ2v) is 6.53. The first-order chi connectivity index (χ1) is 11.2. The second kappa shape index (κ2) is 7.16. The molecule has 1 unspecified atom stereocenters. The number of ether oxygens (including phenoxy) is 1. The number of fused-ring (bicyclic) bond motifs is 1. The quantitative estimate of drug-likeness (QED) is 0.856. The van der Waals surface area contributed by atoms with Gasteiger partial charge in [-0.05, 0) is 62.3 Å². The van der Waals surface area contributed by atoms with Gasteiger partial charge in [-0.25, -0.2) is 0 Å². The summed E-state index contributed by atoms with van der Waals surface area (Å²) in [4.78, 5) is 26.2. The molecule has 23 heavy (non-hydrogen) atoms. The number of rotatable bonds is 4. The fraction of sp³-hybridized carbons (Fsp3) is 0.579. The molecule has 2 aliphatic rings. The Kier molecular flexibility index (Phi) is 4.99. The number of benzene rings is 1. The molecule has 1 aliphatic carbocycles. The Morgan fingerprint density at radius 1 is 1.26 bits per heavy atom. The third-order valence-corrected chi connectivity index (χ3v) is 5.01. The van der Waals surface area contributed by atoms with E-state index in [1.54, 1.807) is 0 Å². The minimum absolute atomic E-state index is 0.0744. The Bertz CT molecular complexity index is 596. The summed E-state index contributed by atoms with van der Waals surface area (Å²) < 4.78 is 5.71. The number of aryl methyl sites for hydroxylation is 1. The summed E-state index contributed by atoms with van der Waals surface area (Å²) in [6.07, 6.45) is 6.86. The van der Waals surface area contributed by atoms with Crippen LogP contribution in [0.15, 0.2) is 18.2 Å². The number of Topliss-reactive ketones (excluding diaryl/α,β-unsaturated/α-hetero) is 1. The van der Waals surface area contributed by atoms with Crippen molar-refractivity contribution in [1.82, 2.24) is 4.90 Å². The zero-order valence-corrected chi connectivity index (χ0v) is 13.8. The molecule has 0 radical (unpaired) electrons. The van der Waals surface area contributed by atoms with E-state index in [0.29, 0.717) is 18.2 Å². The largest absolute Gasteiger partial charge is 0.484 e. The molecule has 1 amide bonds. The smallest absolute Gasteiger partial charge is 0.260 e. The second-order valence-electron chi connectivity index (χ2n) is 6.53. The molecule has 0 bridgehead atoms. The molecule has 0 spiro atoms. The van der Waals surface area contributed by atoms with Gasteiger partial charge >= 0.3 is 0 Å². The van der Waals surface area contributed by atoms with Crippen molar-refractivity contribution in [1.29, 1.82) is 0 Å². The van der Waals surface area contributed by atoms with Crippen molar-refractivity contribution < 1.29 is 14.3 Å². The lowest BCUT2D eigenvalue weighted by Gasteiger charge is -2.35. The van der Waals surface area contributed by atoms with E-state index in [4.69, 9.17) is 4.74 Å². The maximum absolute atomic E-state index is 12.4. The number of carbonyl (C=O) groups is 2. The molecule has 3 rings (SSSR count). The first kappa shape index (κ1) is 16.0. The van der Waals surface area contributed by atoms with E-state index in [-0.39, 0.29) is 18.3 Å². The van der Waals surface area contributed by atoms with Gasteiger partial charge in [-0.2, -0.15) is 0 Å². The number of likely N-dealkylation sites (tertiary alicyclic amines) is 1. The van der Waals surface area contributed by atoms with Crippen LogP contribution in [-0.2, 0) is 11.2 Å². The molecular weight excluding hydrogens is 290 g/mol. The fourth-order valence-corrected chi connectivity index (χ4v) is 3.69. The Morgan fingerprint density at radius 3 is 2.96 bits per heavy atom. The Labute approximate surface area is 137 Å². The van der Waals surface area contributed by atoms with E-state index in [2.05, 4.69) is 6.92 Å². The molecule has 1 aromatic rings. The van der Waals surface area contributed by atoms with Gasteiger partial charge in [-0.3, -0.25) is 9.59 Å². The molecule has 1 aromatic carbocycles. The average Bonchev–Trinajstić information content (AvgIpc) is 2.59. The number of hydrogen-bond donors (Lipinski definition) is 0. The molecular formula is C19H25NO3. The molecule has 0 aromatic heterocycles. The number of hydrogen-bond acceptors (Lipinski definition) is 3. The van der Waals surface area contributed by atoms with Crippen molar-refractivity contribution >= 4 is 11.7 Å². The summed E-state index contributed by atoms with van der Waals surface area (Å²) in [6, 6.07) is 5.93. The van der Waals surface area contributed by atoms with Gasteiger partial charge in [0.15, 0.2) is 12.4 Å². The van der Waals surface area contributed by atoms with E-state index in [0.717, 1.165) is 49.8 Å². The van der Waals surface area contributed by atoms with Crippen LogP contribution < -0.4 is 4.74 Å². The SMILES string of the molecule is CCC1CCCCN1C(=O)COc1ccc2c(c1)CCCC2=O. The van der Waals surface area contributed by atoms with Crippen molar-refractivity contribution in [2.45, 2.75) is 57.9 Å². The minimum Gasteiger partial charge on any atom is -0.484 e. The highest BCUT2D eigenvalue weighted by atomic mass is 16.5. The van der Waals surface area contributed by atoms with Gasteiger partial charge in [-0.1, -0.05) is 6.92 Å². The molecule has 1 atom stereocenters. The highest BCUT2D eigenvalue weighted by Gasteiger charge is 2.25. The molecule has 0 saturated carbocycles. The van der Waals surface area contributed by atoms with E-state index < -0.39 is 0 Å². The number of piperidine rings is 1. The van der Waals surface area contributed by atoms with Crippen molar-refractivity contribution in [3.8, 4) is 5.75 Å². The molecule has 4 heteroatoms. The minimum atomic E-state index is 0.0744. The molecule has 1 fully saturated rings. The van der Waals surface area contributed by atoms with Crippen LogP contribution in [0, 0.1) is 0 Å². The number of carbonyl (C=O) groups excluding carboxylic acids is 2. The van der Waals surface area contributed by atoms with E-state index in [9.17, 15) is 9.59 Å². The van der Waals surface area contributed by atoms with Crippen molar-refractivity contribution in [2.24, 2.45) is 0 Å². The average molecular weight is 315 g/mol. The number of nitrogens with zero attached hydrogens (tertiary/aromatic N) is 1. The van der Waals surface area contributed by atoms with Gasteiger partial charge in [0.1, 0.15) is 5.75 Å². The lowest BCUT2D eigenvalue weighted by Crippen LogP contribution is -2.45. The maximum Gasteiger partial charge on any atom is 0.260 e. The normalized spacial score (nSPS) is 21.0. The monoisotopic (exact) mass is 315 g/mol. The van der Waals surface area contributed by atoms with Crippen LogP contribution in [0.2, 0.25) is 0 Å². The highest BCUT2D eigenvalue weighted by Crippen LogP contribution is 2.26. The van der Waals surface area contributed by atoms with Crippen molar-refractivity contribution in [3.05, 3.63) is 29.3 Å². The van der Waals surface area contributed by atoms with Gasteiger partial charge in [0, 0.05) is 24.6 Å². The van der Waals surface area contributed by atoms with Gasteiger partial charge in [0.25, 0.3) is 5.91 Å². The van der Waals surface area contributed by atoms with Crippen LogP contribution in [0.1, 0.15) is 61.4 Å². The first-order valence-corrected chi connectivity index (χ1v) is 8.77. The zero-order valence-electron chi connectivity index (χ0n) is 13.8. The lowest BCUT2D eigenvalue weighted by molar-refractivity contribution is -0.137. The Morgan fingerprint density at radius 2 is 2.13 bits per heavy atom. The van der Waals surface area contributed by atoms with Crippen LogP contribution in [0.4, 0.5) is 0 Å². The van der Waals surface area contributed by atoms with Crippen molar-refractivity contribution in [3.63, 3.8) is 0 Å². The van der Waals surface area contributed by atoms with E-state index in [1.807, 2.05) is 23.1 Å². The molecule has 1 heterocycles. The predicted octanol–water partition coefficient (Wildman–Crippen LogP) is 3.38. The van der Waals surface area contributed by atoms with E-state index in [1.165, 1.54) is 6.42 Å². The van der Waals surface area contributed by atoms with Crippen LogP contribution in [0.5, 0.6) is 5.75 Å². The summed E-state index contributed by atoms with van der Waals surface area (Å²) >= 11 is 0. The van der Waals surface area contributed by atoms with Gasteiger partial charge in [0.2, 0.25) is 0 Å². The fourth-order valence-electron chi connectivity index (χ4n) is 3.69. The third-order valence-electron chi connectivity index (χ3n) is 5.01. The standard InChI is InChI=1S/C19H25NO3/c1-2-15-7-3-4-11-20(15)19(22)13-23-16-9-10-17-14(12-16)6-5-8-18(17)21/h9-10,12,15H,2-8,11,13H2,1H3. The zero-order chi connectivity index (χ0) is 16.2. The summed E-state index contributed by atoms with van der Waals surface area (Å²) in [6.45, 7) is 3.07. The lowest BCUT2D eigenvalue weighted by atomic mass is 9.90. The van der Waals surface area contributed by atoms with Crippen LogP contribution >= 0.6 is 0 Å². The summed E-state index contributed by atoms with van der Waals surface area (Å²) in [5.74, 6) is 0.982. The topological polar surface area (TPSA) is 46.6 Å². The van der Waals surface area contributed by atoms with Gasteiger partial charge in [0.05, 0.1) is 0 Å². The maximum atomic E-state index is 12.4. The summed E-state index contributed by atoms with van der Waals surface area (Å²) in [5.41, 5.74) is 1.87. The predicted molar refractivity (Wildman–Crippen MR) is 88.8 cm³/mol. The van der Waals surface area contributed by atoms with Crippen molar-refractivity contribution in [2.75, 3.05) is 13.2 Å². The molecule has 124 valence electrons. The molecule has 1 saturated heterocycles. The summed E-state index contributed by atoms with van der Waals surface area (Å²) in [5, 5.41) is 0. The molecule has 4 nitrogen and oxygen atoms in total. The number of ketones is 1. The van der Waals surface area contributed by atoms with Gasteiger partial charge in [-0.15, -0.1) is 0 Å². The molecule has 0 N–H and O–H groups in total. The van der Waals surface area contributed by atoms with Crippen LogP contribution in [-0.4, -0.2) is 35.8 Å². The summed E-state index contributed by atoms with van der Waals surface area (Å²) in [7, 11) is 0. The van der Waals surface area contributed by atoms with Crippen LogP contribution in [0.25, 0.3) is 0 Å².